The highest BCUT2D eigenvalue weighted by Crippen LogP contribution is 2.30. The van der Waals surface area contributed by atoms with Gasteiger partial charge in [-0.1, -0.05) is 19.9 Å². The van der Waals surface area contributed by atoms with Crippen molar-refractivity contribution in [3.05, 3.63) is 28.8 Å². The summed E-state index contributed by atoms with van der Waals surface area (Å²) in [6.07, 6.45) is 1.05. The maximum atomic E-state index is 10.1. The highest BCUT2D eigenvalue weighted by molar-refractivity contribution is 5.42. The van der Waals surface area contributed by atoms with Crippen molar-refractivity contribution in [1.29, 1.82) is 0 Å². The quantitative estimate of drug-likeness (QED) is 0.831. The molecule has 1 rings (SSSR count). The molecule has 0 spiro atoms. The summed E-state index contributed by atoms with van der Waals surface area (Å²) in [7, 11) is 1.69. The average molecular weight is 265 g/mol. The van der Waals surface area contributed by atoms with Crippen LogP contribution in [0.15, 0.2) is 12.1 Å². The third-order valence-corrected chi connectivity index (χ3v) is 3.88. The van der Waals surface area contributed by atoms with Gasteiger partial charge in [-0.05, 0) is 55.4 Å². The molecule has 0 bridgehead atoms. The lowest BCUT2D eigenvalue weighted by atomic mass is 9.88. The number of aryl methyl sites for hydroxylation is 2. The molecule has 0 aliphatic rings. The van der Waals surface area contributed by atoms with Crippen LogP contribution in [0.1, 0.15) is 49.3 Å². The SMILES string of the molecule is CCC(N)C(O)CC(C)c1cc(C)c(OC)cc1C. The molecule has 0 amide bonds. The van der Waals surface area contributed by atoms with Gasteiger partial charge in [0.25, 0.3) is 0 Å². The van der Waals surface area contributed by atoms with E-state index in [1.54, 1.807) is 7.11 Å². The van der Waals surface area contributed by atoms with Gasteiger partial charge in [0, 0.05) is 6.04 Å². The summed E-state index contributed by atoms with van der Waals surface area (Å²) in [5, 5.41) is 10.1. The van der Waals surface area contributed by atoms with Gasteiger partial charge >= 0.3 is 0 Å². The van der Waals surface area contributed by atoms with Gasteiger partial charge in [-0.25, -0.2) is 0 Å². The monoisotopic (exact) mass is 265 g/mol. The molecule has 3 N–H and O–H groups in total. The molecule has 0 heterocycles. The highest BCUT2D eigenvalue weighted by Gasteiger charge is 2.19. The normalized spacial score (nSPS) is 15.9. The van der Waals surface area contributed by atoms with Crippen LogP contribution in [0.2, 0.25) is 0 Å². The topological polar surface area (TPSA) is 55.5 Å². The Labute approximate surface area is 116 Å². The Hall–Kier alpha value is -1.06. The summed E-state index contributed by atoms with van der Waals surface area (Å²) >= 11 is 0. The fraction of sp³-hybridized carbons (Fsp3) is 0.625. The predicted octanol–water partition coefficient (Wildman–Crippen LogP) is 2.90. The molecule has 0 aliphatic heterocycles. The van der Waals surface area contributed by atoms with Crippen molar-refractivity contribution in [2.75, 3.05) is 7.11 Å². The number of ether oxygens (including phenoxy) is 1. The van der Waals surface area contributed by atoms with Gasteiger partial charge in [-0.3, -0.25) is 0 Å². The lowest BCUT2D eigenvalue weighted by Gasteiger charge is -2.23. The van der Waals surface area contributed by atoms with Crippen LogP contribution in [-0.4, -0.2) is 24.4 Å². The molecule has 19 heavy (non-hydrogen) atoms. The first-order chi connectivity index (χ1) is 8.90. The van der Waals surface area contributed by atoms with Crippen molar-refractivity contribution in [3.63, 3.8) is 0 Å². The van der Waals surface area contributed by atoms with Crippen LogP contribution in [0.4, 0.5) is 0 Å². The van der Waals surface area contributed by atoms with Gasteiger partial charge in [0.15, 0.2) is 0 Å². The van der Waals surface area contributed by atoms with Gasteiger partial charge in [0.1, 0.15) is 5.75 Å². The maximum absolute atomic E-state index is 10.1. The van der Waals surface area contributed by atoms with Crippen LogP contribution in [-0.2, 0) is 0 Å². The zero-order valence-corrected chi connectivity index (χ0v) is 12.7. The molecule has 0 aliphatic carbocycles. The summed E-state index contributed by atoms with van der Waals surface area (Å²) in [6, 6.07) is 4.08. The van der Waals surface area contributed by atoms with E-state index in [0.717, 1.165) is 17.7 Å². The molecule has 108 valence electrons. The van der Waals surface area contributed by atoms with Crippen LogP contribution in [0.25, 0.3) is 0 Å². The number of hydrogen-bond donors (Lipinski definition) is 2. The number of rotatable bonds is 6. The summed E-state index contributed by atoms with van der Waals surface area (Å²) in [4.78, 5) is 0. The van der Waals surface area contributed by atoms with Crippen molar-refractivity contribution >= 4 is 0 Å². The standard InChI is InChI=1S/C16H27NO2/c1-6-14(17)15(18)8-10(2)13-7-12(4)16(19-5)9-11(13)3/h7,9-10,14-15,18H,6,8,17H2,1-5H3. The molecule has 0 saturated heterocycles. The number of nitrogens with two attached hydrogens (primary N) is 1. The fourth-order valence-corrected chi connectivity index (χ4v) is 2.50. The van der Waals surface area contributed by atoms with Crippen LogP contribution in [0.5, 0.6) is 5.75 Å². The molecule has 3 unspecified atom stereocenters. The van der Waals surface area contributed by atoms with Crippen molar-refractivity contribution in [2.45, 2.75) is 58.6 Å². The largest absolute Gasteiger partial charge is 0.496 e. The van der Waals surface area contributed by atoms with Gasteiger partial charge in [-0.15, -0.1) is 0 Å². The number of hydrogen-bond acceptors (Lipinski definition) is 3. The average Bonchev–Trinajstić information content (AvgIpc) is 2.39. The predicted molar refractivity (Wildman–Crippen MR) is 79.8 cm³/mol. The molecule has 3 atom stereocenters. The van der Waals surface area contributed by atoms with Crippen molar-refractivity contribution in [2.24, 2.45) is 5.73 Å². The maximum Gasteiger partial charge on any atom is 0.122 e. The third kappa shape index (κ3) is 3.95. The molecule has 3 nitrogen and oxygen atoms in total. The second kappa shape index (κ2) is 6.92. The molecule has 0 fully saturated rings. The minimum atomic E-state index is -0.443. The Balaban J connectivity index is 2.88. The van der Waals surface area contributed by atoms with Gasteiger partial charge < -0.3 is 15.6 Å². The summed E-state index contributed by atoms with van der Waals surface area (Å²) in [5.41, 5.74) is 9.48. The first-order valence-electron chi connectivity index (χ1n) is 6.99. The number of aliphatic hydroxyl groups excluding tert-OH is 1. The number of aliphatic hydroxyl groups is 1. The van der Waals surface area contributed by atoms with Crippen molar-refractivity contribution in [1.82, 2.24) is 0 Å². The molecule has 1 aromatic carbocycles. The Morgan fingerprint density at radius 3 is 2.42 bits per heavy atom. The number of methoxy groups -OCH3 is 1. The van der Waals surface area contributed by atoms with E-state index in [1.807, 2.05) is 13.8 Å². The van der Waals surface area contributed by atoms with E-state index < -0.39 is 6.10 Å². The lowest BCUT2D eigenvalue weighted by molar-refractivity contribution is 0.126. The van der Waals surface area contributed by atoms with Crippen LogP contribution >= 0.6 is 0 Å². The van der Waals surface area contributed by atoms with Gasteiger partial charge in [-0.2, -0.15) is 0 Å². The highest BCUT2D eigenvalue weighted by atomic mass is 16.5. The van der Waals surface area contributed by atoms with Crippen LogP contribution in [0.3, 0.4) is 0 Å². The van der Waals surface area contributed by atoms with Crippen molar-refractivity contribution in [3.8, 4) is 5.75 Å². The zero-order valence-electron chi connectivity index (χ0n) is 12.7. The molecule has 0 aromatic heterocycles. The lowest BCUT2D eigenvalue weighted by Crippen LogP contribution is -2.34. The van der Waals surface area contributed by atoms with E-state index in [0.29, 0.717) is 6.42 Å². The summed E-state index contributed by atoms with van der Waals surface area (Å²) in [6.45, 7) is 8.27. The first kappa shape index (κ1) is 16.0. The molecular formula is C16H27NO2. The third-order valence-electron chi connectivity index (χ3n) is 3.88. The first-order valence-corrected chi connectivity index (χ1v) is 6.99. The van der Waals surface area contributed by atoms with Crippen molar-refractivity contribution < 1.29 is 9.84 Å². The van der Waals surface area contributed by atoms with E-state index in [1.165, 1.54) is 11.1 Å². The van der Waals surface area contributed by atoms with Crippen LogP contribution in [0, 0.1) is 13.8 Å². The Kier molecular flexibility index (Phi) is 5.83. The van der Waals surface area contributed by atoms with Gasteiger partial charge in [0.2, 0.25) is 0 Å². The molecule has 0 radical (unpaired) electrons. The number of benzene rings is 1. The Bertz CT molecular complexity index is 417. The van der Waals surface area contributed by atoms with E-state index in [9.17, 15) is 5.11 Å². The van der Waals surface area contributed by atoms with E-state index in [-0.39, 0.29) is 12.0 Å². The van der Waals surface area contributed by atoms with E-state index in [2.05, 4.69) is 26.0 Å². The molecular weight excluding hydrogens is 238 g/mol. The fourth-order valence-electron chi connectivity index (χ4n) is 2.50. The minimum absolute atomic E-state index is 0.137. The van der Waals surface area contributed by atoms with Crippen LogP contribution < -0.4 is 10.5 Å². The minimum Gasteiger partial charge on any atom is -0.496 e. The van der Waals surface area contributed by atoms with E-state index in [4.69, 9.17) is 10.5 Å². The summed E-state index contributed by atoms with van der Waals surface area (Å²) in [5.74, 6) is 1.21. The van der Waals surface area contributed by atoms with Gasteiger partial charge in [0.05, 0.1) is 13.2 Å². The smallest absolute Gasteiger partial charge is 0.122 e. The Morgan fingerprint density at radius 2 is 1.89 bits per heavy atom. The second-order valence-electron chi connectivity index (χ2n) is 5.45. The van der Waals surface area contributed by atoms with E-state index >= 15 is 0 Å². The molecule has 1 aromatic rings. The molecule has 3 heteroatoms. The second-order valence-corrected chi connectivity index (χ2v) is 5.45. The molecule has 0 saturated carbocycles. The summed E-state index contributed by atoms with van der Waals surface area (Å²) < 4.78 is 5.33. The Morgan fingerprint density at radius 1 is 1.26 bits per heavy atom. The zero-order chi connectivity index (χ0) is 14.6.